The molecule has 0 unspecified atom stereocenters. The summed E-state index contributed by atoms with van der Waals surface area (Å²) in [4.78, 5) is 0. The van der Waals surface area contributed by atoms with Crippen molar-refractivity contribution in [3.63, 3.8) is 0 Å². The summed E-state index contributed by atoms with van der Waals surface area (Å²) in [6, 6.07) is 0. The molecule has 0 amide bonds. The molecule has 0 atom stereocenters. The zero-order valence-electron chi connectivity index (χ0n) is 4.14. The first-order chi connectivity index (χ1) is 3.39. The zero-order chi connectivity index (χ0) is 5.11. The van der Waals surface area contributed by atoms with E-state index in [1.165, 1.54) is 42.7 Å². The van der Waals surface area contributed by atoms with Gasteiger partial charge in [-0.1, -0.05) is 0 Å². The fourth-order valence-corrected chi connectivity index (χ4v) is 1.45. The molecular formula is C5H8OW. The number of hydrogen-bond donors (Lipinski definition) is 0. The first-order valence-corrected chi connectivity index (χ1v) is 4.02. The van der Waals surface area contributed by atoms with E-state index in [0.717, 1.165) is 6.61 Å². The first-order valence-electron chi connectivity index (χ1n) is 2.55. The number of rotatable bonds is 0. The predicted octanol–water partition coefficient (Wildman–Crippen LogP) is 0.864. The second-order valence-electron chi connectivity index (χ2n) is 1.68. The average Bonchev–Trinajstić information content (AvgIpc) is 1.69. The summed E-state index contributed by atoms with van der Waals surface area (Å²) >= 11 is 1.51. The van der Waals surface area contributed by atoms with Gasteiger partial charge in [-0.25, -0.2) is 0 Å². The standard InChI is InChI=1S/C5H8O.W/c1-2-4-6-5-3-1;/h1-4H2;. The Labute approximate surface area is 54.5 Å². The Hall–Kier alpha value is 0.518. The van der Waals surface area contributed by atoms with Crippen LogP contribution in [0.25, 0.3) is 0 Å². The predicted molar refractivity (Wildman–Crippen MR) is 24.8 cm³/mol. The van der Waals surface area contributed by atoms with Gasteiger partial charge in [-0.15, -0.1) is 0 Å². The van der Waals surface area contributed by atoms with Crippen molar-refractivity contribution in [2.75, 3.05) is 6.61 Å². The van der Waals surface area contributed by atoms with Crippen LogP contribution in [-0.4, -0.2) is 10.7 Å². The molecule has 1 saturated heterocycles. The molecule has 1 heterocycles. The van der Waals surface area contributed by atoms with Crippen molar-refractivity contribution in [3.05, 3.63) is 0 Å². The molecule has 0 spiro atoms. The average molecular weight is 268 g/mol. The van der Waals surface area contributed by atoms with Gasteiger partial charge in [-0.05, 0) is 0 Å². The number of ether oxygens (including phenoxy) is 1. The Kier molecular flexibility index (Phi) is 2.21. The second kappa shape index (κ2) is 2.74. The molecule has 2 heteroatoms. The Morgan fingerprint density at radius 3 is 2.57 bits per heavy atom. The summed E-state index contributed by atoms with van der Waals surface area (Å²) in [5.74, 6) is 0. The molecule has 40 valence electrons. The van der Waals surface area contributed by atoms with Gasteiger partial charge >= 0.3 is 54.0 Å². The van der Waals surface area contributed by atoms with Crippen LogP contribution in [0.5, 0.6) is 0 Å². The van der Waals surface area contributed by atoms with Crippen LogP contribution in [0.1, 0.15) is 19.3 Å². The van der Waals surface area contributed by atoms with Gasteiger partial charge in [0.05, 0.1) is 0 Å². The fourth-order valence-electron chi connectivity index (χ4n) is 0.630. The Bertz CT molecular complexity index is 72.1. The van der Waals surface area contributed by atoms with Crippen LogP contribution in [0, 0.1) is 0 Å². The summed E-state index contributed by atoms with van der Waals surface area (Å²) in [5.41, 5.74) is 0. The van der Waals surface area contributed by atoms with Gasteiger partial charge in [0.1, 0.15) is 0 Å². The summed E-state index contributed by atoms with van der Waals surface area (Å²) < 4.78 is 6.53. The maximum absolute atomic E-state index is 5.23. The van der Waals surface area contributed by atoms with Gasteiger partial charge < -0.3 is 0 Å². The van der Waals surface area contributed by atoms with Crippen LogP contribution in [0.4, 0.5) is 0 Å². The van der Waals surface area contributed by atoms with E-state index in [4.69, 9.17) is 4.74 Å². The zero-order valence-corrected chi connectivity index (χ0v) is 7.08. The monoisotopic (exact) mass is 268 g/mol. The molecule has 1 rings (SSSR count). The second-order valence-corrected chi connectivity index (χ2v) is 3.31. The molecule has 1 nitrogen and oxygen atoms in total. The molecule has 0 saturated carbocycles. The summed E-state index contributed by atoms with van der Waals surface area (Å²) in [6.45, 7) is 0.971. The van der Waals surface area contributed by atoms with Crippen molar-refractivity contribution < 1.29 is 24.1 Å². The molecule has 0 bridgehead atoms. The van der Waals surface area contributed by atoms with E-state index in [1.54, 1.807) is 0 Å². The Morgan fingerprint density at radius 1 is 1.43 bits per heavy atom. The van der Waals surface area contributed by atoms with Crippen molar-refractivity contribution in [1.29, 1.82) is 0 Å². The summed E-state index contributed by atoms with van der Waals surface area (Å²) in [6.07, 6.45) is 3.82. The molecule has 1 aliphatic rings. The molecule has 0 aromatic rings. The van der Waals surface area contributed by atoms with E-state index in [0.29, 0.717) is 0 Å². The van der Waals surface area contributed by atoms with E-state index >= 15 is 0 Å². The maximum atomic E-state index is 5.23. The van der Waals surface area contributed by atoms with Crippen LogP contribution in [0.3, 0.4) is 0 Å². The molecule has 0 aromatic heterocycles. The van der Waals surface area contributed by atoms with Crippen molar-refractivity contribution in [2.45, 2.75) is 19.3 Å². The van der Waals surface area contributed by atoms with E-state index in [1.807, 2.05) is 0 Å². The Morgan fingerprint density at radius 2 is 2.29 bits per heavy atom. The topological polar surface area (TPSA) is 9.23 Å². The molecule has 0 N–H and O–H groups in total. The van der Waals surface area contributed by atoms with Gasteiger partial charge in [-0.3, -0.25) is 0 Å². The summed E-state index contributed by atoms with van der Waals surface area (Å²) in [5, 5.41) is 0. The van der Waals surface area contributed by atoms with Gasteiger partial charge in [0.25, 0.3) is 0 Å². The van der Waals surface area contributed by atoms with Crippen molar-refractivity contribution in [1.82, 2.24) is 0 Å². The minimum atomic E-state index is 0.971. The normalized spacial score (nSPS) is 22.6. The Balaban J connectivity index is 2.25. The van der Waals surface area contributed by atoms with Gasteiger partial charge in [0.15, 0.2) is 0 Å². The van der Waals surface area contributed by atoms with Crippen LogP contribution in [0.2, 0.25) is 0 Å². The van der Waals surface area contributed by atoms with Gasteiger partial charge in [0, 0.05) is 0 Å². The third-order valence-electron chi connectivity index (χ3n) is 1.04. The van der Waals surface area contributed by atoms with E-state index in [9.17, 15) is 0 Å². The molecule has 0 aromatic carbocycles. The number of hydrogen-bond acceptors (Lipinski definition) is 1. The van der Waals surface area contributed by atoms with Gasteiger partial charge in [-0.2, -0.15) is 0 Å². The van der Waals surface area contributed by atoms with E-state index < -0.39 is 0 Å². The molecule has 1 fully saturated rings. The SMILES string of the molecule is [W]=[C]1CCCCO1. The van der Waals surface area contributed by atoms with Crippen LogP contribution in [0.15, 0.2) is 0 Å². The molecule has 0 radical (unpaired) electrons. The third-order valence-corrected chi connectivity index (χ3v) is 2.20. The van der Waals surface area contributed by atoms with Crippen LogP contribution in [-0.2, 0) is 24.1 Å². The van der Waals surface area contributed by atoms with Crippen molar-refractivity contribution >= 4 is 4.08 Å². The summed E-state index contributed by atoms with van der Waals surface area (Å²) in [7, 11) is 0. The molecular weight excluding hydrogens is 260 g/mol. The van der Waals surface area contributed by atoms with Gasteiger partial charge in [0.2, 0.25) is 0 Å². The minimum absolute atomic E-state index is 0.971. The molecule has 0 aliphatic carbocycles. The molecule has 1 aliphatic heterocycles. The van der Waals surface area contributed by atoms with Crippen LogP contribution >= 0.6 is 0 Å². The van der Waals surface area contributed by atoms with E-state index in [-0.39, 0.29) is 0 Å². The quantitative estimate of drug-likeness (QED) is 0.633. The van der Waals surface area contributed by atoms with Crippen molar-refractivity contribution in [3.8, 4) is 0 Å². The van der Waals surface area contributed by atoms with Crippen LogP contribution < -0.4 is 0 Å². The van der Waals surface area contributed by atoms with E-state index in [2.05, 4.69) is 0 Å². The molecule has 7 heavy (non-hydrogen) atoms. The fraction of sp³-hybridized carbons (Fsp3) is 0.800. The first kappa shape index (κ1) is 5.65. The third kappa shape index (κ3) is 1.83. The van der Waals surface area contributed by atoms with Crippen molar-refractivity contribution in [2.24, 2.45) is 0 Å².